The Hall–Kier alpha value is -4.87. The van der Waals surface area contributed by atoms with Crippen LogP contribution in [0.1, 0.15) is 10.4 Å². The molecule has 12 heteroatoms. The molecule has 0 heterocycles. The number of phenolic OH excluding ortho intramolecular Hbond substituents is 8. The lowest BCUT2D eigenvalue weighted by Crippen LogP contribution is -1.97. The molecule has 0 saturated carbocycles. The van der Waals surface area contributed by atoms with E-state index in [2.05, 4.69) is 0 Å². The molecule has 3 aromatic rings. The van der Waals surface area contributed by atoms with Crippen LogP contribution < -0.4 is 9.47 Å². The number of aromatic hydroxyl groups is 8. The highest BCUT2D eigenvalue weighted by Gasteiger charge is 2.21. The van der Waals surface area contributed by atoms with Crippen LogP contribution in [0.4, 0.5) is 0 Å². The van der Waals surface area contributed by atoms with Crippen LogP contribution in [0.15, 0.2) is 30.3 Å². The molecule has 12 nitrogen and oxygen atoms in total. The lowest BCUT2D eigenvalue weighted by atomic mass is 10.2. The number of hydrogen-bond acceptors (Lipinski definition) is 11. The average Bonchev–Trinajstić information content (AvgIpc) is 2.71. The van der Waals surface area contributed by atoms with Gasteiger partial charge in [-0.1, -0.05) is 0 Å². The Bertz CT molecular complexity index is 1200. The predicted octanol–water partition coefficient (Wildman–Crippen LogP) is 2.61. The second-order valence-electron chi connectivity index (χ2n) is 6.08. The van der Waals surface area contributed by atoms with Crippen LogP contribution in [-0.4, -0.2) is 51.9 Å². The van der Waals surface area contributed by atoms with Crippen molar-refractivity contribution in [2.24, 2.45) is 0 Å². The summed E-state index contributed by atoms with van der Waals surface area (Å²) in [5.41, 5.74) is -0.426. The molecule has 9 N–H and O–H groups in total. The minimum atomic E-state index is -1.43. The van der Waals surface area contributed by atoms with Crippen molar-refractivity contribution in [1.29, 1.82) is 0 Å². The number of aromatic carboxylic acids is 1. The van der Waals surface area contributed by atoms with Gasteiger partial charge in [-0.3, -0.25) is 0 Å². The molecular formula is C19H14O12. The standard InChI is InChI=1S/C19H14O12/c20-8-1-6(19(28)29)2-11(14(8)23)30-7-3-9(21)15(24)12(4-7)31-13-5-10(22)16(25)18(27)17(13)26/h1-5,20-27H,(H,28,29). The van der Waals surface area contributed by atoms with Gasteiger partial charge in [0.25, 0.3) is 0 Å². The molecule has 0 aromatic heterocycles. The molecule has 0 saturated heterocycles. The molecule has 162 valence electrons. The molecule has 0 aliphatic carbocycles. The van der Waals surface area contributed by atoms with E-state index >= 15 is 0 Å². The maximum atomic E-state index is 11.1. The van der Waals surface area contributed by atoms with Crippen molar-refractivity contribution < 1.29 is 60.2 Å². The van der Waals surface area contributed by atoms with Gasteiger partial charge in [0.05, 0.1) is 5.56 Å². The van der Waals surface area contributed by atoms with Gasteiger partial charge in [0.15, 0.2) is 34.5 Å². The zero-order valence-corrected chi connectivity index (χ0v) is 15.1. The number of carboxylic acids is 1. The first-order valence-electron chi connectivity index (χ1n) is 8.17. The number of carboxylic acid groups (broad SMARTS) is 1. The molecule has 3 rings (SSSR count). The van der Waals surface area contributed by atoms with E-state index in [1.54, 1.807) is 0 Å². The molecule has 0 atom stereocenters. The minimum absolute atomic E-state index is 0.325. The van der Waals surface area contributed by atoms with Crippen LogP contribution in [0.25, 0.3) is 0 Å². The number of benzene rings is 3. The average molecular weight is 434 g/mol. The normalized spacial score (nSPS) is 10.6. The van der Waals surface area contributed by atoms with Crippen molar-refractivity contribution >= 4 is 5.97 Å². The molecule has 0 fully saturated rings. The van der Waals surface area contributed by atoms with E-state index in [-0.39, 0.29) is 5.75 Å². The first kappa shape index (κ1) is 20.9. The first-order valence-corrected chi connectivity index (χ1v) is 8.17. The summed E-state index contributed by atoms with van der Waals surface area (Å²) < 4.78 is 10.4. The van der Waals surface area contributed by atoms with Gasteiger partial charge in [0.2, 0.25) is 28.7 Å². The fourth-order valence-corrected chi connectivity index (χ4v) is 2.43. The number of carbonyl (C=O) groups is 1. The van der Waals surface area contributed by atoms with E-state index < -0.39 is 74.8 Å². The Morgan fingerprint density at radius 3 is 1.68 bits per heavy atom. The highest BCUT2D eigenvalue weighted by atomic mass is 16.5. The summed E-state index contributed by atoms with van der Waals surface area (Å²) in [6, 6.07) is 4.15. The van der Waals surface area contributed by atoms with E-state index in [4.69, 9.17) is 14.6 Å². The second-order valence-corrected chi connectivity index (χ2v) is 6.08. The van der Waals surface area contributed by atoms with Gasteiger partial charge in [-0.2, -0.15) is 0 Å². The molecule has 0 aliphatic heterocycles. The summed E-state index contributed by atoms with van der Waals surface area (Å²) in [7, 11) is 0. The molecule has 0 amide bonds. The van der Waals surface area contributed by atoms with Crippen molar-refractivity contribution in [3.63, 3.8) is 0 Å². The highest BCUT2D eigenvalue weighted by molar-refractivity contribution is 5.89. The van der Waals surface area contributed by atoms with Gasteiger partial charge in [-0.25, -0.2) is 4.79 Å². The highest BCUT2D eigenvalue weighted by Crippen LogP contribution is 2.51. The van der Waals surface area contributed by atoms with Crippen LogP contribution in [0.3, 0.4) is 0 Å². The van der Waals surface area contributed by atoms with Crippen LogP contribution in [0, 0.1) is 0 Å². The van der Waals surface area contributed by atoms with Crippen molar-refractivity contribution in [2.75, 3.05) is 0 Å². The summed E-state index contributed by atoms with van der Waals surface area (Å²) >= 11 is 0. The quantitative estimate of drug-likeness (QED) is 0.209. The third-order valence-corrected chi connectivity index (χ3v) is 3.97. The van der Waals surface area contributed by atoms with Crippen molar-refractivity contribution in [1.82, 2.24) is 0 Å². The van der Waals surface area contributed by atoms with E-state index in [0.29, 0.717) is 6.07 Å². The van der Waals surface area contributed by atoms with Gasteiger partial charge in [0, 0.05) is 18.2 Å². The SMILES string of the molecule is O=C(O)c1cc(O)c(O)c(Oc2cc(O)c(O)c(Oc3cc(O)c(O)c(O)c3O)c2)c1. The van der Waals surface area contributed by atoms with Gasteiger partial charge in [-0.05, 0) is 12.1 Å². The number of rotatable bonds is 5. The summed E-state index contributed by atoms with van der Waals surface area (Å²) in [6.07, 6.45) is 0. The monoisotopic (exact) mass is 434 g/mol. The van der Waals surface area contributed by atoms with Gasteiger partial charge >= 0.3 is 5.97 Å². The molecule has 0 bridgehead atoms. The molecular weight excluding hydrogens is 420 g/mol. The largest absolute Gasteiger partial charge is 0.504 e. The summed E-state index contributed by atoms with van der Waals surface area (Å²) in [5, 5.41) is 86.8. The molecule has 0 spiro atoms. The molecule has 0 aliphatic rings. The smallest absolute Gasteiger partial charge is 0.335 e. The molecule has 0 unspecified atom stereocenters. The topological polar surface area (TPSA) is 218 Å². The third-order valence-electron chi connectivity index (χ3n) is 3.97. The molecule has 0 radical (unpaired) electrons. The lowest BCUT2D eigenvalue weighted by molar-refractivity contribution is 0.0696. The van der Waals surface area contributed by atoms with E-state index in [1.807, 2.05) is 0 Å². The maximum absolute atomic E-state index is 11.1. The second kappa shape index (κ2) is 7.51. The Morgan fingerprint density at radius 2 is 1.06 bits per heavy atom. The zero-order chi connectivity index (χ0) is 23.0. The van der Waals surface area contributed by atoms with Crippen LogP contribution in [-0.2, 0) is 0 Å². The van der Waals surface area contributed by atoms with E-state index in [1.165, 1.54) is 0 Å². The molecule has 3 aromatic carbocycles. The van der Waals surface area contributed by atoms with Crippen molar-refractivity contribution in [3.8, 4) is 69.0 Å². The van der Waals surface area contributed by atoms with Gasteiger partial charge < -0.3 is 55.4 Å². The minimum Gasteiger partial charge on any atom is -0.504 e. The Balaban J connectivity index is 2.03. The summed E-state index contributed by atoms with van der Waals surface area (Å²) in [5.74, 6) is -10.8. The number of phenols is 8. The summed E-state index contributed by atoms with van der Waals surface area (Å²) in [6.45, 7) is 0. The fourth-order valence-electron chi connectivity index (χ4n) is 2.43. The molecule has 31 heavy (non-hydrogen) atoms. The van der Waals surface area contributed by atoms with E-state index in [9.17, 15) is 45.6 Å². The fraction of sp³-hybridized carbons (Fsp3) is 0. The van der Waals surface area contributed by atoms with Crippen LogP contribution >= 0.6 is 0 Å². The first-order chi connectivity index (χ1) is 14.5. The van der Waals surface area contributed by atoms with Gasteiger partial charge in [-0.15, -0.1) is 0 Å². The number of hydrogen-bond donors (Lipinski definition) is 9. The van der Waals surface area contributed by atoms with Gasteiger partial charge in [0.1, 0.15) is 5.75 Å². The lowest BCUT2D eigenvalue weighted by Gasteiger charge is -2.15. The van der Waals surface area contributed by atoms with Crippen LogP contribution in [0.2, 0.25) is 0 Å². The van der Waals surface area contributed by atoms with Crippen molar-refractivity contribution in [2.45, 2.75) is 0 Å². The Kier molecular flexibility index (Phi) is 5.05. The Labute approximate surface area is 171 Å². The summed E-state index contributed by atoms with van der Waals surface area (Å²) in [4.78, 5) is 11.1. The third kappa shape index (κ3) is 3.85. The van der Waals surface area contributed by atoms with E-state index in [0.717, 1.165) is 24.3 Å². The predicted molar refractivity (Wildman–Crippen MR) is 99.8 cm³/mol. The van der Waals surface area contributed by atoms with Crippen LogP contribution in [0.5, 0.6) is 69.0 Å². The zero-order valence-electron chi connectivity index (χ0n) is 15.1. The van der Waals surface area contributed by atoms with Crippen molar-refractivity contribution in [3.05, 3.63) is 35.9 Å². The maximum Gasteiger partial charge on any atom is 0.335 e. The Morgan fingerprint density at radius 1 is 0.548 bits per heavy atom. The number of ether oxygens (including phenoxy) is 2.